The Labute approximate surface area is 537 Å². The molecule has 0 fully saturated rings. The van der Waals surface area contributed by atoms with Gasteiger partial charge in [-0.3, -0.25) is 0 Å². The Morgan fingerprint density at radius 1 is 0.288 bits per heavy atom. The predicted octanol–water partition coefficient (Wildman–Crippen LogP) is 26.9. The zero-order valence-electron chi connectivity index (χ0n) is 40.7. The molecule has 0 saturated carbocycles. The molecule has 0 aromatic heterocycles. The molecule has 0 nitrogen and oxygen atoms in total. The van der Waals surface area contributed by atoms with Crippen molar-refractivity contribution in [2.24, 2.45) is 0 Å². The Morgan fingerprint density at radius 2 is 0.534 bits per heavy atom. The molecule has 0 radical (unpaired) electrons. The highest BCUT2D eigenvalue weighted by Crippen LogP contribution is 2.74. The van der Waals surface area contributed by atoms with Crippen LogP contribution in [0.2, 0.25) is 0 Å². The van der Waals surface area contributed by atoms with Crippen LogP contribution in [0, 0.1) is 0 Å². The molecule has 8 aliphatic heterocycles. The van der Waals surface area contributed by atoms with Crippen molar-refractivity contribution >= 4 is 282 Å². The lowest BCUT2D eigenvalue weighted by Crippen LogP contribution is -1.93. The van der Waals surface area contributed by atoms with Gasteiger partial charge in [-0.2, -0.15) is 0 Å². The first-order valence-corrected chi connectivity index (χ1v) is 45.5. The van der Waals surface area contributed by atoms with Crippen molar-refractivity contribution in [3.05, 3.63) is 131 Å². The molecule has 0 bridgehead atoms. The third kappa shape index (κ3) is 15.8. The minimum absolute atomic E-state index is 1.06. The molecule has 392 valence electrons. The zero-order valence-corrected chi connectivity index (χ0v) is 60.3. The summed E-state index contributed by atoms with van der Waals surface area (Å²) in [5.41, 5.74) is 6.08. The lowest BCUT2D eigenvalue weighted by Gasteiger charge is -2.15. The number of allylic oxidation sites excluding steroid dienone is 8. The zero-order chi connectivity index (χ0) is 50.3. The van der Waals surface area contributed by atoms with Crippen molar-refractivity contribution in [1.29, 1.82) is 0 Å². The average Bonchev–Trinajstić information content (AvgIpc) is 4.28. The van der Waals surface area contributed by atoms with Crippen LogP contribution in [0.25, 0.3) is 0 Å². The van der Waals surface area contributed by atoms with Crippen molar-refractivity contribution in [2.45, 2.75) is 90.9 Å². The van der Waals surface area contributed by atoms with E-state index in [4.69, 9.17) is 0 Å². The molecular weight excluding hydrogens is 1360 g/mol. The fourth-order valence-corrected chi connectivity index (χ4v) is 43.4. The van der Waals surface area contributed by atoms with Gasteiger partial charge in [-0.15, -0.1) is 94.1 Å². The van der Waals surface area contributed by atoms with Gasteiger partial charge in [-0.25, -0.2) is 0 Å². The summed E-state index contributed by atoms with van der Waals surface area (Å²) in [4.78, 5) is 0. The standard InChI is InChI=1S/C49H52S24/c1-7-9-11-13-23-54-38-40(68-46(66-38)48-70-42-43(71-48)63-32(62-42)28-19-15-26(16-20-28)30-58-34(50-3)35(51-4)59-30)56-25-57-41-39(55-24-14-12-10-8-2)67-47(69-41)49-72-44-45(73-49)65-33(64-44)29-21-17-27(18-22-29)31-60-36(52-5)37(53-6)61-31/h15,17,19,21H,7-14,16,18,20,22-25H2,1-6H3. The Morgan fingerprint density at radius 3 is 0.808 bits per heavy atom. The highest BCUT2D eigenvalue weighted by Gasteiger charge is 2.38. The van der Waals surface area contributed by atoms with Crippen molar-refractivity contribution in [3.63, 3.8) is 0 Å². The molecule has 0 N–H and O–H groups in total. The number of hydrogen-bond acceptors (Lipinski definition) is 24. The number of thioether (sulfide) groups is 24. The summed E-state index contributed by atoms with van der Waals surface area (Å²) in [6, 6.07) is 0. The Balaban J connectivity index is 0.756. The van der Waals surface area contributed by atoms with Crippen LogP contribution >= 0.6 is 282 Å². The van der Waals surface area contributed by atoms with E-state index in [1.54, 1.807) is 8.47 Å². The van der Waals surface area contributed by atoms with Gasteiger partial charge >= 0.3 is 0 Å². The summed E-state index contributed by atoms with van der Waals surface area (Å²) in [5, 5.41) is 1.06. The van der Waals surface area contributed by atoms with Crippen molar-refractivity contribution in [2.75, 3.05) is 41.6 Å². The lowest BCUT2D eigenvalue weighted by atomic mass is 10.00. The van der Waals surface area contributed by atoms with E-state index in [1.807, 2.05) is 188 Å². The molecule has 8 heterocycles. The summed E-state index contributed by atoms with van der Waals surface area (Å²) in [6.07, 6.45) is 33.7. The number of hydrogen-bond donors (Lipinski definition) is 0. The molecule has 10 rings (SSSR count). The molecule has 0 spiro atoms. The molecule has 0 saturated heterocycles. The minimum atomic E-state index is 1.06. The first kappa shape index (κ1) is 60.9. The van der Waals surface area contributed by atoms with Gasteiger partial charge in [0.25, 0.3) is 0 Å². The van der Waals surface area contributed by atoms with Gasteiger partial charge in [0.1, 0.15) is 0 Å². The van der Waals surface area contributed by atoms with E-state index in [2.05, 4.69) is 157 Å². The fourth-order valence-electron chi connectivity index (χ4n) is 7.45. The first-order valence-electron chi connectivity index (χ1n) is 23.6. The molecule has 0 atom stereocenters. The van der Waals surface area contributed by atoms with Gasteiger partial charge in [0, 0.05) is 5.08 Å². The van der Waals surface area contributed by atoms with Crippen LogP contribution in [0.3, 0.4) is 0 Å². The molecule has 0 aromatic carbocycles. The highest BCUT2D eigenvalue weighted by atomic mass is 32.3. The van der Waals surface area contributed by atoms with Gasteiger partial charge in [-0.1, -0.05) is 265 Å². The van der Waals surface area contributed by atoms with E-state index in [9.17, 15) is 0 Å². The predicted molar refractivity (Wildman–Crippen MR) is 390 cm³/mol. The largest absolute Gasteiger partial charge is 0.121 e. The summed E-state index contributed by atoms with van der Waals surface area (Å²) in [6.45, 7) is 4.64. The van der Waals surface area contributed by atoms with E-state index < -0.39 is 0 Å². The molecule has 24 heteroatoms. The normalized spacial score (nSPS) is 22.7. The molecule has 0 aromatic rings. The maximum atomic E-state index is 2.43. The van der Waals surface area contributed by atoms with E-state index in [1.165, 1.54) is 161 Å². The molecule has 10 aliphatic rings. The monoisotopic (exact) mass is 1410 g/mol. The van der Waals surface area contributed by atoms with E-state index >= 15 is 0 Å². The van der Waals surface area contributed by atoms with Gasteiger partial charge in [-0.05, 0) is 97.3 Å². The van der Waals surface area contributed by atoms with Gasteiger partial charge < -0.3 is 0 Å². The maximum absolute atomic E-state index is 2.43. The second-order valence-corrected chi connectivity index (χ2v) is 45.5. The summed E-state index contributed by atoms with van der Waals surface area (Å²) in [5.74, 6) is 2.44. The second kappa shape index (κ2) is 30.7. The Hall–Kier alpha value is 4.76. The maximum Gasteiger partial charge on any atom is 0.0718 e. The minimum Gasteiger partial charge on any atom is -0.121 e. The quantitative estimate of drug-likeness (QED) is 0.0838. The van der Waals surface area contributed by atoms with Crippen LogP contribution in [0.5, 0.6) is 0 Å². The number of rotatable bonds is 20. The van der Waals surface area contributed by atoms with Crippen molar-refractivity contribution in [3.8, 4) is 0 Å². The average molecular weight is 1410 g/mol. The fraction of sp³-hybridized carbons (Fsp3) is 0.429. The van der Waals surface area contributed by atoms with Crippen LogP contribution in [0.4, 0.5) is 0 Å². The van der Waals surface area contributed by atoms with Gasteiger partial charge in [0.2, 0.25) is 0 Å². The van der Waals surface area contributed by atoms with Crippen molar-refractivity contribution < 1.29 is 0 Å². The second-order valence-electron chi connectivity index (χ2n) is 16.2. The first-order chi connectivity index (χ1) is 35.8. The van der Waals surface area contributed by atoms with Crippen molar-refractivity contribution in [1.82, 2.24) is 0 Å². The van der Waals surface area contributed by atoms with Crippen LogP contribution in [-0.4, -0.2) is 41.6 Å². The Bertz CT molecular complexity index is 2420. The van der Waals surface area contributed by atoms with E-state index in [0.29, 0.717) is 0 Å². The van der Waals surface area contributed by atoms with Crippen LogP contribution in [0.1, 0.15) is 90.9 Å². The third-order valence-corrected chi connectivity index (χ3v) is 45.8. The smallest absolute Gasteiger partial charge is 0.0718 e. The number of unbranched alkanes of at least 4 members (excludes halogenated alkanes) is 6. The van der Waals surface area contributed by atoms with Crippen LogP contribution in [0.15, 0.2) is 131 Å². The molecule has 0 unspecified atom stereocenters. The molecular formula is C49H52S24. The Kier molecular flexibility index (Phi) is 25.6. The molecule has 2 aliphatic carbocycles. The summed E-state index contributed by atoms with van der Waals surface area (Å²) >= 11 is 48.6. The summed E-state index contributed by atoms with van der Waals surface area (Å²) < 4.78 is 30.0. The SMILES string of the molecule is CCCCCCSC1=C(SCSC2=C(SCCCCCC)SC(=C3SC4=C(SC(=C5C=CC(=C6SC(SC)=C(SC)S6)CC5)S4)S3)S2)SC(=C2SC3=C(SC(=C4C=CC(=C5SC(SC)=C(SC)S5)CC4)S3)S2)S1. The van der Waals surface area contributed by atoms with E-state index in [-0.39, 0.29) is 0 Å². The third-order valence-electron chi connectivity index (χ3n) is 11.2. The van der Waals surface area contributed by atoms with Gasteiger partial charge in [0.05, 0.1) is 84.7 Å². The highest BCUT2D eigenvalue weighted by molar-refractivity contribution is 8.51. The topological polar surface area (TPSA) is 0 Å². The van der Waals surface area contributed by atoms with Crippen LogP contribution < -0.4 is 0 Å². The van der Waals surface area contributed by atoms with E-state index in [0.717, 1.165) is 30.8 Å². The lowest BCUT2D eigenvalue weighted by molar-refractivity contribution is 0.707. The molecule has 0 amide bonds. The van der Waals surface area contributed by atoms with Gasteiger partial charge in [0.15, 0.2) is 0 Å². The summed E-state index contributed by atoms with van der Waals surface area (Å²) in [7, 11) is 0. The van der Waals surface area contributed by atoms with Crippen LogP contribution in [-0.2, 0) is 0 Å². The molecule has 73 heavy (non-hydrogen) atoms.